The quantitative estimate of drug-likeness (QED) is 0.505. The van der Waals surface area contributed by atoms with Gasteiger partial charge < -0.3 is 4.74 Å². The number of halogens is 1. The van der Waals surface area contributed by atoms with E-state index < -0.39 is 0 Å². The molecule has 2 atom stereocenters. The number of hydrogen-bond acceptors (Lipinski definition) is 4. The van der Waals surface area contributed by atoms with Crippen LogP contribution in [0.5, 0.6) is 5.75 Å². The summed E-state index contributed by atoms with van der Waals surface area (Å²) in [4.78, 5) is 39.8. The number of ether oxygens (including phenoxy) is 1. The molecule has 4 rings (SSSR count). The molecule has 0 radical (unpaired) electrons. The van der Waals surface area contributed by atoms with E-state index in [1.165, 1.54) is 4.90 Å². The molecular formula is C24H24ClNO4. The Labute approximate surface area is 181 Å². The number of imide groups is 1. The van der Waals surface area contributed by atoms with E-state index in [2.05, 4.69) is 0 Å². The van der Waals surface area contributed by atoms with Gasteiger partial charge in [0.15, 0.2) is 12.4 Å². The predicted molar refractivity (Wildman–Crippen MR) is 115 cm³/mol. The molecule has 2 aliphatic rings. The molecule has 0 aromatic heterocycles. The Kier molecular flexibility index (Phi) is 5.65. The summed E-state index contributed by atoms with van der Waals surface area (Å²) in [7, 11) is 0. The van der Waals surface area contributed by atoms with Crippen molar-refractivity contribution in [2.45, 2.75) is 39.5 Å². The van der Waals surface area contributed by atoms with Crippen LogP contribution in [0.25, 0.3) is 0 Å². The van der Waals surface area contributed by atoms with Gasteiger partial charge in [-0.05, 0) is 62.1 Å². The number of rotatable bonds is 5. The average Bonchev–Trinajstić information content (AvgIpc) is 2.99. The van der Waals surface area contributed by atoms with Crippen LogP contribution in [-0.2, 0) is 9.59 Å². The van der Waals surface area contributed by atoms with E-state index in [9.17, 15) is 14.4 Å². The number of anilines is 1. The van der Waals surface area contributed by atoms with E-state index in [4.69, 9.17) is 16.3 Å². The second-order valence-corrected chi connectivity index (χ2v) is 8.57. The first-order valence-corrected chi connectivity index (χ1v) is 10.6. The first kappa shape index (κ1) is 20.6. The number of Topliss-reactive ketones (excluding diaryl/α,β-unsaturated/α-hetero) is 1. The zero-order valence-electron chi connectivity index (χ0n) is 17.1. The van der Waals surface area contributed by atoms with E-state index in [-0.39, 0.29) is 36.0 Å². The fourth-order valence-corrected chi connectivity index (χ4v) is 4.49. The summed E-state index contributed by atoms with van der Waals surface area (Å²) >= 11 is 6.16. The molecule has 1 aliphatic heterocycles. The minimum Gasteiger partial charge on any atom is -0.483 e. The molecule has 1 saturated carbocycles. The number of hydrogen-bond donors (Lipinski definition) is 0. The molecule has 5 nitrogen and oxygen atoms in total. The highest BCUT2D eigenvalue weighted by molar-refractivity contribution is 6.31. The lowest BCUT2D eigenvalue weighted by Gasteiger charge is -2.19. The van der Waals surface area contributed by atoms with Crippen LogP contribution in [-0.4, -0.2) is 24.2 Å². The average molecular weight is 426 g/mol. The molecule has 2 aromatic carbocycles. The van der Waals surface area contributed by atoms with Gasteiger partial charge in [-0.2, -0.15) is 0 Å². The summed E-state index contributed by atoms with van der Waals surface area (Å²) in [5.41, 5.74) is 3.02. The Morgan fingerprint density at radius 3 is 2.30 bits per heavy atom. The van der Waals surface area contributed by atoms with Crippen LogP contribution in [0.15, 0.2) is 36.4 Å². The van der Waals surface area contributed by atoms with Crippen molar-refractivity contribution in [2.75, 3.05) is 11.5 Å². The topological polar surface area (TPSA) is 63.7 Å². The van der Waals surface area contributed by atoms with Crippen LogP contribution in [0.2, 0.25) is 5.02 Å². The van der Waals surface area contributed by atoms with Crippen molar-refractivity contribution < 1.29 is 19.1 Å². The first-order valence-electron chi connectivity index (χ1n) is 10.3. The molecule has 0 N–H and O–H groups in total. The van der Waals surface area contributed by atoms with E-state index in [0.717, 1.165) is 36.8 Å². The normalized spacial score (nSPS) is 21.0. The number of ketones is 1. The number of fused-ring (bicyclic) bond motifs is 1. The standard InChI is InChI=1S/C24H24ClNO4/c1-14-7-8-16(11-15(14)2)21(27)13-30-22-10-9-17(25)12-20(22)26-23(28)18-5-3-4-6-19(18)24(26)29/h7-12,18-19H,3-6,13H2,1-2H3/t18-,19+. The number of aryl methyl sites for hydroxylation is 2. The predicted octanol–water partition coefficient (Wildman–Crippen LogP) is 4.90. The largest absolute Gasteiger partial charge is 0.483 e. The molecule has 6 heteroatoms. The Bertz CT molecular complexity index is 1010. The van der Waals surface area contributed by atoms with Gasteiger partial charge in [0.2, 0.25) is 11.8 Å². The van der Waals surface area contributed by atoms with E-state index in [1.807, 2.05) is 26.0 Å². The molecule has 30 heavy (non-hydrogen) atoms. The van der Waals surface area contributed by atoms with Crippen molar-refractivity contribution in [1.82, 2.24) is 0 Å². The van der Waals surface area contributed by atoms with Crippen molar-refractivity contribution in [2.24, 2.45) is 11.8 Å². The zero-order chi connectivity index (χ0) is 21.4. The van der Waals surface area contributed by atoms with Gasteiger partial charge in [-0.25, -0.2) is 4.90 Å². The summed E-state index contributed by atoms with van der Waals surface area (Å²) in [5, 5.41) is 0.397. The molecule has 0 unspecified atom stereocenters. The Hall–Kier alpha value is -2.66. The molecule has 2 amide bonds. The van der Waals surface area contributed by atoms with Crippen LogP contribution in [0.1, 0.15) is 47.2 Å². The summed E-state index contributed by atoms with van der Waals surface area (Å²) in [6.07, 6.45) is 3.37. The maximum atomic E-state index is 13.0. The first-order chi connectivity index (χ1) is 14.4. The number of nitrogens with zero attached hydrogens (tertiary/aromatic N) is 1. The smallest absolute Gasteiger partial charge is 0.237 e. The van der Waals surface area contributed by atoms with Gasteiger partial charge >= 0.3 is 0 Å². The minimum absolute atomic E-state index is 0.174. The highest BCUT2D eigenvalue weighted by atomic mass is 35.5. The van der Waals surface area contributed by atoms with Crippen LogP contribution in [0, 0.1) is 25.7 Å². The van der Waals surface area contributed by atoms with E-state index in [0.29, 0.717) is 22.0 Å². The fraction of sp³-hybridized carbons (Fsp3) is 0.375. The lowest BCUT2D eigenvalue weighted by atomic mass is 9.81. The monoisotopic (exact) mass is 425 g/mol. The van der Waals surface area contributed by atoms with Gasteiger partial charge in [0.05, 0.1) is 17.5 Å². The van der Waals surface area contributed by atoms with Crippen molar-refractivity contribution in [1.29, 1.82) is 0 Å². The van der Waals surface area contributed by atoms with E-state index >= 15 is 0 Å². The van der Waals surface area contributed by atoms with E-state index in [1.54, 1.807) is 24.3 Å². The zero-order valence-corrected chi connectivity index (χ0v) is 17.9. The molecule has 1 aliphatic carbocycles. The number of carbonyl (C=O) groups is 3. The lowest BCUT2D eigenvalue weighted by molar-refractivity contribution is -0.122. The molecule has 1 heterocycles. The van der Waals surface area contributed by atoms with Crippen LogP contribution < -0.4 is 9.64 Å². The van der Waals surface area contributed by atoms with Gasteiger partial charge in [0.25, 0.3) is 0 Å². The Morgan fingerprint density at radius 1 is 1.00 bits per heavy atom. The van der Waals surface area contributed by atoms with Gasteiger partial charge in [-0.3, -0.25) is 14.4 Å². The Balaban J connectivity index is 1.58. The van der Waals surface area contributed by atoms with Crippen molar-refractivity contribution in [3.63, 3.8) is 0 Å². The van der Waals surface area contributed by atoms with Crippen molar-refractivity contribution in [3.05, 3.63) is 58.1 Å². The Morgan fingerprint density at radius 2 is 1.67 bits per heavy atom. The summed E-state index contributed by atoms with van der Waals surface area (Å²) in [6.45, 7) is 3.75. The number of carbonyl (C=O) groups excluding carboxylic acids is 3. The molecular weight excluding hydrogens is 402 g/mol. The van der Waals surface area contributed by atoms with Crippen molar-refractivity contribution >= 4 is 34.9 Å². The second kappa shape index (κ2) is 8.23. The summed E-state index contributed by atoms with van der Waals surface area (Å²) < 4.78 is 5.79. The maximum Gasteiger partial charge on any atom is 0.237 e. The lowest BCUT2D eigenvalue weighted by Crippen LogP contribution is -2.31. The SMILES string of the molecule is Cc1ccc(C(=O)COc2ccc(Cl)cc2N2C(=O)[C@H]3CCCC[C@H]3C2=O)cc1C. The summed E-state index contributed by atoms with van der Waals surface area (Å²) in [6, 6.07) is 10.3. The number of amides is 2. The van der Waals surface area contributed by atoms with Gasteiger partial charge in [0, 0.05) is 10.6 Å². The molecule has 156 valence electrons. The van der Waals surface area contributed by atoms with Gasteiger partial charge in [0.1, 0.15) is 5.75 Å². The maximum absolute atomic E-state index is 13.0. The molecule has 1 saturated heterocycles. The third-order valence-corrected chi connectivity index (χ3v) is 6.43. The second-order valence-electron chi connectivity index (χ2n) is 8.13. The van der Waals surface area contributed by atoms with Gasteiger partial charge in [-0.1, -0.05) is 36.6 Å². The number of benzene rings is 2. The highest BCUT2D eigenvalue weighted by Crippen LogP contribution is 2.43. The minimum atomic E-state index is -0.268. The third-order valence-electron chi connectivity index (χ3n) is 6.19. The van der Waals surface area contributed by atoms with Crippen molar-refractivity contribution in [3.8, 4) is 5.75 Å². The third kappa shape index (κ3) is 3.74. The molecule has 0 spiro atoms. The highest BCUT2D eigenvalue weighted by Gasteiger charge is 2.49. The van der Waals surface area contributed by atoms with Crippen LogP contribution in [0.3, 0.4) is 0 Å². The van der Waals surface area contributed by atoms with Crippen LogP contribution in [0.4, 0.5) is 5.69 Å². The summed E-state index contributed by atoms with van der Waals surface area (Å²) in [5.74, 6) is -0.802. The fourth-order valence-electron chi connectivity index (χ4n) is 4.33. The molecule has 0 bridgehead atoms. The van der Waals surface area contributed by atoms with Crippen LogP contribution >= 0.6 is 11.6 Å². The molecule has 2 fully saturated rings. The molecule has 2 aromatic rings. The van der Waals surface area contributed by atoms with Gasteiger partial charge in [-0.15, -0.1) is 0 Å².